The third kappa shape index (κ3) is 5.62. The fourth-order valence-electron chi connectivity index (χ4n) is 3.33. The first kappa shape index (κ1) is 20.0. The summed E-state index contributed by atoms with van der Waals surface area (Å²) >= 11 is 1.75. The maximum absolute atomic E-state index is 11.3. The zero-order chi connectivity index (χ0) is 19.0. The topological polar surface area (TPSA) is 83.5 Å². The van der Waals surface area contributed by atoms with Crippen molar-refractivity contribution in [3.63, 3.8) is 0 Å². The molecule has 0 aliphatic carbocycles. The summed E-state index contributed by atoms with van der Waals surface area (Å²) in [5.74, 6) is 1.79. The van der Waals surface area contributed by atoms with Gasteiger partial charge in [-0.15, -0.1) is 0 Å². The number of hydrogen-bond acceptors (Lipinski definition) is 6. The molecule has 0 spiro atoms. The number of rotatable bonds is 12. The Bertz CT molecular complexity index is 644. The summed E-state index contributed by atoms with van der Waals surface area (Å²) in [7, 11) is 0. The van der Waals surface area contributed by atoms with Crippen LogP contribution in [-0.2, 0) is 4.79 Å². The molecular weight excluding hydrogens is 362 g/mol. The van der Waals surface area contributed by atoms with Crippen molar-refractivity contribution in [2.45, 2.75) is 44.9 Å². The van der Waals surface area contributed by atoms with E-state index in [0.717, 1.165) is 67.3 Å². The summed E-state index contributed by atoms with van der Waals surface area (Å²) in [5, 5.41) is 9.31. The molecule has 1 fully saturated rings. The minimum atomic E-state index is -0.603. The lowest BCUT2D eigenvalue weighted by Gasteiger charge is -2.37. The number of hydrogen-bond donors (Lipinski definition) is 3. The molecule has 0 atom stereocenters. The summed E-state index contributed by atoms with van der Waals surface area (Å²) in [4.78, 5) is 15.7. The van der Waals surface area contributed by atoms with Gasteiger partial charge in [0.25, 0.3) is 0 Å². The van der Waals surface area contributed by atoms with Crippen LogP contribution < -0.4 is 15.6 Å². The molecule has 6 nitrogen and oxygen atoms in total. The number of carboxylic acid groups (broad SMARTS) is 1. The average Bonchev–Trinajstić information content (AvgIpc) is 3.17. The Hall–Kier alpha value is -1.73. The number of thioether (sulfide) groups is 1. The van der Waals surface area contributed by atoms with Crippen LogP contribution >= 0.6 is 11.8 Å². The number of ether oxygens (including phenoxy) is 1. The fourth-order valence-corrected chi connectivity index (χ4v) is 4.56. The van der Waals surface area contributed by atoms with Gasteiger partial charge < -0.3 is 15.3 Å². The number of unbranched alkanes of at least 4 members (excludes halogenated alkanes) is 5. The van der Waals surface area contributed by atoms with Crippen LogP contribution in [0.25, 0.3) is 5.70 Å². The highest BCUT2D eigenvalue weighted by molar-refractivity contribution is 8.00. The van der Waals surface area contributed by atoms with E-state index in [0.29, 0.717) is 6.61 Å². The number of carboxylic acids is 1. The third-order valence-electron chi connectivity index (χ3n) is 5.17. The molecule has 3 rings (SSSR count). The average molecular weight is 392 g/mol. The Morgan fingerprint density at radius 3 is 2.56 bits per heavy atom. The minimum Gasteiger partial charge on any atom is -0.492 e. The van der Waals surface area contributed by atoms with E-state index in [2.05, 4.69) is 21.9 Å². The van der Waals surface area contributed by atoms with Crippen LogP contribution in [0.15, 0.2) is 24.4 Å². The lowest BCUT2D eigenvalue weighted by Crippen LogP contribution is -2.43. The van der Waals surface area contributed by atoms with Crippen molar-refractivity contribution in [2.24, 2.45) is 5.41 Å². The molecule has 3 N–H and O–H groups in total. The maximum Gasteiger partial charge on any atom is 0.311 e. The van der Waals surface area contributed by atoms with E-state index >= 15 is 0 Å². The van der Waals surface area contributed by atoms with E-state index in [1.165, 1.54) is 12.8 Å². The molecule has 148 valence electrons. The van der Waals surface area contributed by atoms with Gasteiger partial charge >= 0.3 is 5.97 Å². The highest BCUT2D eigenvalue weighted by Crippen LogP contribution is 2.42. The van der Waals surface area contributed by atoms with Crippen molar-refractivity contribution in [3.8, 4) is 5.75 Å². The Morgan fingerprint density at radius 2 is 1.96 bits per heavy atom. The smallest absolute Gasteiger partial charge is 0.311 e. The standard InChI is InChI=1S/C20H29N3O3S/c24-19(25)20(14-27-15-20)10-5-3-1-2-4-6-12-26-16-7-8-17(21-13-16)18-9-11-22-23-18/h7-9,13,22-23H,1-6,10-12,14-15H2,(H,24,25). The van der Waals surface area contributed by atoms with Crippen molar-refractivity contribution < 1.29 is 14.6 Å². The Kier molecular flexibility index (Phi) is 7.41. The van der Waals surface area contributed by atoms with Crippen molar-refractivity contribution >= 4 is 23.4 Å². The SMILES string of the molecule is O=C(O)C1(CCCCCCCCOc2ccc(C3=CCNN3)nc2)CSC1. The number of hydrazine groups is 1. The second-order valence-electron chi connectivity index (χ2n) is 7.30. The van der Waals surface area contributed by atoms with E-state index < -0.39 is 11.4 Å². The first-order valence-corrected chi connectivity index (χ1v) is 10.9. The molecule has 1 aromatic heterocycles. The highest BCUT2D eigenvalue weighted by atomic mass is 32.2. The van der Waals surface area contributed by atoms with Gasteiger partial charge in [0.15, 0.2) is 0 Å². The van der Waals surface area contributed by atoms with Crippen molar-refractivity contribution in [1.29, 1.82) is 0 Å². The summed E-state index contributed by atoms with van der Waals surface area (Å²) in [6.07, 6.45) is 11.4. The molecule has 0 bridgehead atoms. The van der Waals surface area contributed by atoms with E-state index in [1.54, 1.807) is 18.0 Å². The summed E-state index contributed by atoms with van der Waals surface area (Å²) in [6, 6.07) is 3.92. The largest absolute Gasteiger partial charge is 0.492 e. The van der Waals surface area contributed by atoms with E-state index in [-0.39, 0.29) is 0 Å². The molecule has 0 unspecified atom stereocenters. The first-order chi connectivity index (χ1) is 13.2. The first-order valence-electron chi connectivity index (χ1n) is 9.79. The van der Waals surface area contributed by atoms with Crippen LogP contribution in [0.4, 0.5) is 0 Å². The maximum atomic E-state index is 11.3. The lowest BCUT2D eigenvalue weighted by atomic mass is 9.85. The van der Waals surface area contributed by atoms with Gasteiger partial charge in [-0.1, -0.05) is 32.1 Å². The fraction of sp³-hybridized carbons (Fsp3) is 0.600. The van der Waals surface area contributed by atoms with E-state index in [9.17, 15) is 9.90 Å². The van der Waals surface area contributed by atoms with Gasteiger partial charge in [-0.05, 0) is 31.1 Å². The normalized spacial score (nSPS) is 17.7. The van der Waals surface area contributed by atoms with Gasteiger partial charge in [0.1, 0.15) is 5.75 Å². The second kappa shape index (κ2) is 9.99. The van der Waals surface area contributed by atoms with Gasteiger partial charge in [-0.25, -0.2) is 5.43 Å². The molecule has 0 radical (unpaired) electrons. The summed E-state index contributed by atoms with van der Waals surface area (Å²) in [6.45, 7) is 1.53. The van der Waals surface area contributed by atoms with Gasteiger partial charge in [0.05, 0.1) is 29.6 Å². The van der Waals surface area contributed by atoms with Crippen molar-refractivity contribution in [2.75, 3.05) is 24.7 Å². The molecule has 1 saturated heterocycles. The molecule has 7 heteroatoms. The molecule has 0 amide bonds. The second-order valence-corrected chi connectivity index (χ2v) is 8.29. The van der Waals surface area contributed by atoms with E-state index in [4.69, 9.17) is 4.74 Å². The molecule has 1 aromatic rings. The predicted octanol–water partition coefficient (Wildman–Crippen LogP) is 3.46. The predicted molar refractivity (Wildman–Crippen MR) is 109 cm³/mol. The van der Waals surface area contributed by atoms with Gasteiger partial charge in [-0.3, -0.25) is 9.78 Å². The number of aromatic nitrogens is 1. The number of carbonyl (C=O) groups is 1. The molecule has 0 aromatic carbocycles. The van der Waals surface area contributed by atoms with Crippen LogP contribution in [0.2, 0.25) is 0 Å². The zero-order valence-corrected chi connectivity index (χ0v) is 16.5. The van der Waals surface area contributed by atoms with Crippen LogP contribution in [-0.4, -0.2) is 40.7 Å². The van der Waals surface area contributed by atoms with Crippen LogP contribution in [0.3, 0.4) is 0 Å². The number of nitrogens with one attached hydrogen (secondary N) is 2. The highest BCUT2D eigenvalue weighted by Gasteiger charge is 2.44. The van der Waals surface area contributed by atoms with Gasteiger partial charge in [0.2, 0.25) is 0 Å². The Balaban J connectivity index is 1.20. The molecule has 2 aliphatic heterocycles. The lowest BCUT2D eigenvalue weighted by molar-refractivity contribution is -0.147. The summed E-state index contributed by atoms with van der Waals surface area (Å²) in [5.41, 5.74) is 7.61. The zero-order valence-electron chi connectivity index (χ0n) is 15.7. The van der Waals surface area contributed by atoms with Gasteiger partial charge in [-0.2, -0.15) is 11.8 Å². The molecule has 3 heterocycles. The molecular formula is C20H29N3O3S. The van der Waals surface area contributed by atoms with Crippen molar-refractivity contribution in [3.05, 3.63) is 30.1 Å². The van der Waals surface area contributed by atoms with Crippen molar-refractivity contribution in [1.82, 2.24) is 15.8 Å². The van der Waals surface area contributed by atoms with Crippen LogP contribution in [0, 0.1) is 5.41 Å². The third-order valence-corrected chi connectivity index (χ3v) is 6.69. The Morgan fingerprint density at radius 1 is 1.19 bits per heavy atom. The number of aliphatic carboxylic acids is 1. The monoisotopic (exact) mass is 391 g/mol. The minimum absolute atomic E-state index is 0.414. The quantitative estimate of drug-likeness (QED) is 0.471. The number of nitrogens with zero attached hydrogens (tertiary/aromatic N) is 1. The number of pyridine rings is 1. The van der Waals surface area contributed by atoms with Gasteiger partial charge in [0, 0.05) is 18.1 Å². The molecule has 27 heavy (non-hydrogen) atoms. The molecule has 0 saturated carbocycles. The Labute approximate surface area is 165 Å². The van der Waals surface area contributed by atoms with E-state index in [1.807, 2.05) is 12.1 Å². The van der Waals surface area contributed by atoms with Crippen LogP contribution in [0.5, 0.6) is 5.75 Å². The summed E-state index contributed by atoms with van der Waals surface area (Å²) < 4.78 is 5.76. The molecule has 2 aliphatic rings. The van der Waals surface area contributed by atoms with Crippen LogP contribution in [0.1, 0.15) is 50.6 Å².